The highest BCUT2D eigenvalue weighted by molar-refractivity contribution is 7.85. The van der Waals surface area contributed by atoms with Gasteiger partial charge < -0.3 is 23.2 Å². The van der Waals surface area contributed by atoms with Gasteiger partial charge in [-0.25, -0.2) is 29.6 Å². The van der Waals surface area contributed by atoms with Gasteiger partial charge in [-0.05, 0) is 46.3 Å². The van der Waals surface area contributed by atoms with E-state index in [2.05, 4.69) is 0 Å². The predicted molar refractivity (Wildman–Crippen MR) is 127 cm³/mol. The monoisotopic (exact) mass is 517 g/mol. The zero-order valence-corrected chi connectivity index (χ0v) is 21.1. The minimum absolute atomic E-state index is 0.0193. The second-order valence-electron chi connectivity index (χ2n) is 7.42. The van der Waals surface area contributed by atoms with Crippen LogP contribution in [0.15, 0.2) is 39.8 Å². The van der Waals surface area contributed by atoms with Gasteiger partial charge in [-0.15, -0.1) is 9.76 Å². The second-order valence-corrected chi connectivity index (χ2v) is 8.89. The van der Waals surface area contributed by atoms with Crippen LogP contribution in [0.4, 0.5) is 0 Å². The van der Waals surface area contributed by atoms with Crippen LogP contribution in [0.3, 0.4) is 0 Å². The number of hydrogen-bond donors (Lipinski definition) is 0. The van der Waals surface area contributed by atoms with E-state index in [1.54, 1.807) is 27.7 Å². The lowest BCUT2D eigenvalue weighted by atomic mass is 9.87. The maximum atomic E-state index is 13.6. The van der Waals surface area contributed by atoms with E-state index in [4.69, 9.17) is 18.9 Å². The first-order chi connectivity index (χ1) is 17.2. The molecule has 0 saturated heterocycles. The Kier molecular flexibility index (Phi) is 8.46. The first-order valence-electron chi connectivity index (χ1n) is 11.3. The molecule has 0 unspecified atom stereocenters. The van der Waals surface area contributed by atoms with E-state index in [0.717, 1.165) is 12.1 Å². The molecule has 1 aromatic rings. The average Bonchev–Trinajstić information content (AvgIpc) is 2.86. The number of benzene rings is 1. The number of carbonyl (C=O) groups excluding carboxylic acids is 5. The molecule has 0 saturated carbocycles. The Morgan fingerprint density at radius 2 is 1.28 bits per heavy atom. The molecule has 0 fully saturated rings. The lowest BCUT2D eigenvalue weighted by molar-refractivity contribution is -0.141. The van der Waals surface area contributed by atoms with Crippen LogP contribution in [-0.2, 0) is 43.1 Å². The summed E-state index contributed by atoms with van der Waals surface area (Å²) in [4.78, 5) is 63.8. The van der Waals surface area contributed by atoms with Crippen LogP contribution < -0.4 is 0 Å². The van der Waals surface area contributed by atoms with Gasteiger partial charge in [-0.1, -0.05) is 6.07 Å². The molecule has 1 aromatic carbocycles. The summed E-state index contributed by atoms with van der Waals surface area (Å²) in [6, 6.07) is 2.32. The Hall–Kier alpha value is -3.73. The van der Waals surface area contributed by atoms with Gasteiger partial charge in [0.15, 0.2) is 5.78 Å². The normalized spacial score (nSPS) is 14.9. The molecule has 1 heterocycles. The highest BCUT2D eigenvalue weighted by Gasteiger charge is 2.33. The Labute approximate surface area is 209 Å². The van der Waals surface area contributed by atoms with Gasteiger partial charge in [0.25, 0.3) is 0 Å². The summed E-state index contributed by atoms with van der Waals surface area (Å²) in [5.74, 6) is -3.97. The number of ketones is 1. The molecule has 0 amide bonds. The number of fused-ring (bicyclic) bond motifs is 2. The van der Waals surface area contributed by atoms with E-state index in [0.29, 0.717) is 0 Å². The lowest BCUT2D eigenvalue weighted by Gasteiger charge is -2.31. The molecule has 2 aliphatic rings. The quantitative estimate of drug-likeness (QED) is 0.219. The molecule has 3 rings (SSSR count). The molecule has 1 aliphatic heterocycles. The van der Waals surface area contributed by atoms with Gasteiger partial charge in [-0.2, -0.15) is 0 Å². The number of esters is 4. The van der Waals surface area contributed by atoms with Crippen LogP contribution in [0, 0.1) is 0 Å². The molecule has 0 atom stereocenters. The van der Waals surface area contributed by atoms with Crippen LogP contribution >= 0.6 is 0 Å². The molecule has 1 aliphatic carbocycles. The molecule has 0 N–H and O–H groups in total. The van der Waals surface area contributed by atoms with Gasteiger partial charge >= 0.3 is 23.9 Å². The Bertz CT molecular complexity index is 1310. The fraction of sp³-hybridized carbons (Fsp3) is 0.360. The average molecular weight is 518 g/mol. The molecular weight excluding hydrogens is 492 g/mol. The van der Waals surface area contributed by atoms with Gasteiger partial charge in [0, 0.05) is 11.1 Å². The summed E-state index contributed by atoms with van der Waals surface area (Å²) in [6.45, 7) is 6.46. The summed E-state index contributed by atoms with van der Waals surface area (Å²) < 4.78 is 33.7. The third kappa shape index (κ3) is 4.97. The first-order valence-corrected chi connectivity index (χ1v) is 12.5. The largest absolute Gasteiger partial charge is 0.463 e. The molecule has 0 bridgehead atoms. The number of carbonyl (C=O) groups is 5. The van der Waals surface area contributed by atoms with Crippen molar-refractivity contribution in [2.75, 3.05) is 26.4 Å². The number of hydrogen-bond acceptors (Lipinski definition) is 11. The highest BCUT2D eigenvalue weighted by atomic mass is 32.2. The van der Waals surface area contributed by atoms with E-state index < -0.39 is 40.0 Å². The summed E-state index contributed by atoms with van der Waals surface area (Å²) in [6.07, 6.45) is 0.862. The van der Waals surface area contributed by atoms with E-state index in [-0.39, 0.29) is 76.0 Å². The van der Waals surface area contributed by atoms with Crippen LogP contribution in [0.2, 0.25) is 0 Å². The van der Waals surface area contributed by atoms with Crippen LogP contribution in [0.1, 0.15) is 65.2 Å². The summed E-state index contributed by atoms with van der Waals surface area (Å²) in [5, 5.41) is 0. The Balaban J connectivity index is 2.26. The number of ether oxygens (including phenoxy) is 4. The maximum Gasteiger partial charge on any atom is 0.339 e. The summed E-state index contributed by atoms with van der Waals surface area (Å²) in [7, 11) is -2.01. The SMILES string of the molecule is CCOC(=O)C1=C(C(=O)OCC)CC2=[S-](=O)c3cc(C(=O)OCC)c(C(=O)OCC)cc3C(=O)C2=C1. The fourth-order valence-electron chi connectivity index (χ4n) is 3.76. The zero-order chi connectivity index (χ0) is 26.6. The molecular formula is C25H25O10S-. The van der Waals surface area contributed by atoms with Crippen molar-refractivity contribution < 1.29 is 47.1 Å². The van der Waals surface area contributed by atoms with E-state index in [1.165, 1.54) is 6.07 Å². The number of allylic oxidation sites excluding steroid dienone is 1. The number of rotatable bonds is 8. The van der Waals surface area contributed by atoms with Crippen molar-refractivity contribution in [2.45, 2.75) is 39.0 Å². The standard InChI is InChI=1S/C25H25O10S/c1-5-32-22(27)13-9-17-19(11-15(13)24(29)34-7-3)36(31)20-12-16(25(30)35-8-4)14(23(28)33-6-2)10-18(20)21(17)26/h9-11H,5-8,12H2,1-4H3/q-1. The second kappa shape index (κ2) is 11.3. The Morgan fingerprint density at radius 3 is 1.83 bits per heavy atom. The van der Waals surface area contributed by atoms with Crippen molar-refractivity contribution in [2.24, 2.45) is 0 Å². The molecule has 36 heavy (non-hydrogen) atoms. The molecule has 0 radical (unpaired) electrons. The van der Waals surface area contributed by atoms with Crippen molar-refractivity contribution in [3.63, 3.8) is 0 Å². The van der Waals surface area contributed by atoms with Gasteiger partial charge in [0.1, 0.15) is 0 Å². The minimum atomic E-state index is -2.01. The molecule has 0 aromatic heterocycles. The fourth-order valence-corrected chi connectivity index (χ4v) is 5.22. The van der Waals surface area contributed by atoms with Crippen molar-refractivity contribution >= 4 is 44.9 Å². The molecule has 11 heteroatoms. The third-order valence-corrected chi connectivity index (χ3v) is 6.84. The van der Waals surface area contributed by atoms with Gasteiger partial charge in [0.05, 0.1) is 48.7 Å². The van der Waals surface area contributed by atoms with Gasteiger partial charge in [0.2, 0.25) is 0 Å². The maximum absolute atomic E-state index is 13.6. The lowest BCUT2D eigenvalue weighted by Crippen LogP contribution is -2.30. The van der Waals surface area contributed by atoms with E-state index >= 15 is 0 Å². The third-order valence-electron chi connectivity index (χ3n) is 5.29. The van der Waals surface area contributed by atoms with Crippen LogP contribution in [-0.4, -0.2) is 61.0 Å². The van der Waals surface area contributed by atoms with Crippen LogP contribution in [0.25, 0.3) is 0 Å². The summed E-state index contributed by atoms with van der Waals surface area (Å²) >= 11 is 0. The smallest absolute Gasteiger partial charge is 0.339 e. The molecule has 10 nitrogen and oxygen atoms in total. The predicted octanol–water partition coefficient (Wildman–Crippen LogP) is 2.48. The molecule has 192 valence electrons. The Morgan fingerprint density at radius 1 is 0.778 bits per heavy atom. The van der Waals surface area contributed by atoms with E-state index in [1.807, 2.05) is 0 Å². The zero-order valence-electron chi connectivity index (χ0n) is 20.3. The summed E-state index contributed by atoms with van der Waals surface area (Å²) in [5.41, 5.74) is -0.832. The highest BCUT2D eigenvalue weighted by Crippen LogP contribution is 2.34. The minimum Gasteiger partial charge on any atom is -0.463 e. The topological polar surface area (TPSA) is 139 Å². The van der Waals surface area contributed by atoms with Crippen molar-refractivity contribution in [1.29, 1.82) is 0 Å². The van der Waals surface area contributed by atoms with Crippen molar-refractivity contribution in [3.8, 4) is 0 Å². The molecule has 0 spiro atoms. The van der Waals surface area contributed by atoms with Gasteiger partial charge in [-0.3, -0.25) is 4.79 Å². The first kappa shape index (κ1) is 26.9. The van der Waals surface area contributed by atoms with Crippen LogP contribution in [0.5, 0.6) is 0 Å². The number of Topliss-reactive ketones (excluding diaryl/α,β-unsaturated/α-hetero) is 1. The van der Waals surface area contributed by atoms with Crippen molar-refractivity contribution in [1.82, 2.24) is 0 Å². The van der Waals surface area contributed by atoms with Crippen molar-refractivity contribution in [3.05, 3.63) is 51.6 Å². The van der Waals surface area contributed by atoms with E-state index in [9.17, 15) is 28.2 Å².